The maximum atomic E-state index is 12.9. The zero-order valence-corrected chi connectivity index (χ0v) is 14.5. The van der Waals surface area contributed by atoms with E-state index in [9.17, 15) is 4.79 Å². The molecule has 2 fully saturated rings. The Kier molecular flexibility index (Phi) is 5.26. The summed E-state index contributed by atoms with van der Waals surface area (Å²) in [6.07, 6.45) is 2.25. The van der Waals surface area contributed by atoms with E-state index in [4.69, 9.17) is 18.9 Å². The molecule has 1 aliphatic carbocycles. The van der Waals surface area contributed by atoms with Crippen LogP contribution in [0.2, 0.25) is 0 Å². The van der Waals surface area contributed by atoms with E-state index in [1.54, 1.807) is 27.4 Å². The number of carbonyl (C=O) groups excluding carboxylic acids is 1. The van der Waals surface area contributed by atoms with Gasteiger partial charge in [-0.15, -0.1) is 0 Å². The number of benzene rings is 1. The third-order valence-corrected chi connectivity index (χ3v) is 4.99. The minimum absolute atomic E-state index is 0.00883. The van der Waals surface area contributed by atoms with E-state index in [0.717, 1.165) is 18.4 Å². The molecule has 24 heavy (non-hydrogen) atoms. The number of hydrogen-bond acceptors (Lipinski definition) is 5. The van der Waals surface area contributed by atoms with Gasteiger partial charge in [0.2, 0.25) is 5.91 Å². The van der Waals surface area contributed by atoms with Crippen molar-refractivity contribution in [2.24, 2.45) is 0 Å². The molecule has 6 heteroatoms. The molecule has 0 unspecified atom stereocenters. The molecule has 2 aliphatic rings. The second kappa shape index (κ2) is 7.40. The number of fused-ring (bicyclic) bond motifs is 1. The number of rotatable bonds is 5. The van der Waals surface area contributed by atoms with Gasteiger partial charge in [0.15, 0.2) is 0 Å². The first kappa shape index (κ1) is 17.0. The Morgan fingerprint density at radius 2 is 2.08 bits per heavy atom. The van der Waals surface area contributed by atoms with Crippen LogP contribution in [0.3, 0.4) is 0 Å². The Morgan fingerprint density at radius 3 is 2.79 bits per heavy atom. The van der Waals surface area contributed by atoms with E-state index >= 15 is 0 Å². The highest BCUT2D eigenvalue weighted by atomic mass is 16.5. The molecule has 0 spiro atoms. The Hall–Kier alpha value is -1.79. The molecule has 1 saturated carbocycles. The Balaban J connectivity index is 1.73. The molecule has 1 heterocycles. The van der Waals surface area contributed by atoms with E-state index < -0.39 is 0 Å². The van der Waals surface area contributed by atoms with Crippen LogP contribution in [0, 0.1) is 0 Å². The van der Waals surface area contributed by atoms with Crippen molar-refractivity contribution in [3.05, 3.63) is 23.8 Å². The number of nitrogens with zero attached hydrogens (tertiary/aromatic N) is 1. The number of carbonyl (C=O) groups is 1. The van der Waals surface area contributed by atoms with Gasteiger partial charge in [0.25, 0.3) is 0 Å². The fourth-order valence-electron chi connectivity index (χ4n) is 3.74. The summed E-state index contributed by atoms with van der Waals surface area (Å²) in [5, 5.41) is 0. The van der Waals surface area contributed by atoms with Crippen molar-refractivity contribution in [1.29, 1.82) is 0 Å². The van der Waals surface area contributed by atoms with Crippen LogP contribution < -0.4 is 9.47 Å². The third-order valence-electron chi connectivity index (χ3n) is 4.99. The third kappa shape index (κ3) is 3.21. The highest BCUT2D eigenvalue weighted by Crippen LogP contribution is 2.33. The van der Waals surface area contributed by atoms with Gasteiger partial charge in [0, 0.05) is 25.3 Å². The zero-order valence-electron chi connectivity index (χ0n) is 14.5. The van der Waals surface area contributed by atoms with Gasteiger partial charge in [-0.2, -0.15) is 0 Å². The lowest BCUT2D eigenvalue weighted by atomic mass is 10.1. The molecule has 1 saturated heterocycles. The molecule has 0 radical (unpaired) electrons. The number of hydrogen-bond donors (Lipinski definition) is 0. The van der Waals surface area contributed by atoms with Gasteiger partial charge in [0.1, 0.15) is 17.6 Å². The molecule has 3 rings (SSSR count). The van der Waals surface area contributed by atoms with Crippen molar-refractivity contribution < 1.29 is 23.7 Å². The largest absolute Gasteiger partial charge is 0.497 e. The molecular weight excluding hydrogens is 310 g/mol. The molecule has 132 valence electrons. The second-order valence-corrected chi connectivity index (χ2v) is 6.20. The van der Waals surface area contributed by atoms with Crippen LogP contribution in [0.4, 0.5) is 0 Å². The summed E-state index contributed by atoms with van der Waals surface area (Å²) in [6.45, 7) is 1.20. The quantitative estimate of drug-likeness (QED) is 0.819. The van der Waals surface area contributed by atoms with Crippen molar-refractivity contribution in [3.8, 4) is 11.5 Å². The predicted molar refractivity (Wildman–Crippen MR) is 88.5 cm³/mol. The van der Waals surface area contributed by atoms with E-state index in [1.165, 1.54) is 0 Å². The lowest BCUT2D eigenvalue weighted by molar-refractivity contribution is -0.149. The fourth-order valence-corrected chi connectivity index (χ4v) is 3.74. The normalized spacial score (nSPS) is 26.1. The van der Waals surface area contributed by atoms with Gasteiger partial charge in [-0.05, 0) is 18.9 Å². The van der Waals surface area contributed by atoms with Gasteiger partial charge in [-0.25, -0.2) is 0 Å². The number of amides is 1. The predicted octanol–water partition coefficient (Wildman–Crippen LogP) is 1.65. The standard InChI is InChI=1S/C18H25NO5/c1-21-13-5-4-12(16(11-13)23-3)10-17(20)19-8-9-24-18-14(19)6-7-15(18)22-2/h4-5,11,14-15,18H,6-10H2,1-3H3/t14-,15-,18+/m0/s1. The lowest BCUT2D eigenvalue weighted by Gasteiger charge is -2.39. The van der Waals surface area contributed by atoms with Crippen LogP contribution in [0.15, 0.2) is 18.2 Å². The van der Waals surface area contributed by atoms with E-state index in [2.05, 4.69) is 0 Å². The highest BCUT2D eigenvalue weighted by molar-refractivity contribution is 5.80. The molecule has 6 nitrogen and oxygen atoms in total. The van der Waals surface area contributed by atoms with Gasteiger partial charge in [-0.3, -0.25) is 4.79 Å². The maximum absolute atomic E-state index is 12.9. The first-order valence-corrected chi connectivity index (χ1v) is 8.32. The minimum atomic E-state index is -0.00883. The number of ether oxygens (including phenoxy) is 4. The fraction of sp³-hybridized carbons (Fsp3) is 0.611. The monoisotopic (exact) mass is 335 g/mol. The first-order valence-electron chi connectivity index (χ1n) is 8.32. The van der Waals surface area contributed by atoms with Crippen molar-refractivity contribution in [2.45, 2.75) is 37.5 Å². The van der Waals surface area contributed by atoms with E-state index in [-0.39, 0.29) is 24.2 Å². The lowest BCUT2D eigenvalue weighted by Crippen LogP contribution is -2.54. The van der Waals surface area contributed by atoms with Crippen molar-refractivity contribution in [1.82, 2.24) is 4.90 Å². The summed E-state index contributed by atoms with van der Waals surface area (Å²) in [6, 6.07) is 5.66. The average molecular weight is 335 g/mol. The van der Waals surface area contributed by atoms with Crippen LogP contribution in [0.1, 0.15) is 18.4 Å². The topological polar surface area (TPSA) is 57.2 Å². The molecule has 0 N–H and O–H groups in total. The van der Waals surface area contributed by atoms with Crippen LogP contribution in [0.25, 0.3) is 0 Å². The summed E-state index contributed by atoms with van der Waals surface area (Å²) in [4.78, 5) is 14.8. The second-order valence-electron chi connectivity index (χ2n) is 6.20. The SMILES string of the molecule is COc1ccc(CC(=O)N2CCO[C@H]3[C@@H](OC)CC[C@@H]32)c(OC)c1. The van der Waals surface area contributed by atoms with E-state index in [1.807, 2.05) is 17.0 Å². The van der Waals surface area contributed by atoms with Gasteiger partial charge < -0.3 is 23.8 Å². The molecule has 1 aromatic rings. The van der Waals surface area contributed by atoms with Crippen molar-refractivity contribution in [2.75, 3.05) is 34.5 Å². The summed E-state index contributed by atoms with van der Waals surface area (Å²) < 4.78 is 22.0. The Morgan fingerprint density at radius 1 is 1.25 bits per heavy atom. The van der Waals surface area contributed by atoms with Crippen LogP contribution in [0.5, 0.6) is 11.5 Å². The smallest absolute Gasteiger partial charge is 0.227 e. The van der Waals surface area contributed by atoms with Crippen LogP contribution in [-0.2, 0) is 20.7 Å². The van der Waals surface area contributed by atoms with Gasteiger partial charge in [-0.1, -0.05) is 6.07 Å². The van der Waals surface area contributed by atoms with Gasteiger partial charge in [0.05, 0.1) is 39.4 Å². The Bertz CT molecular complexity index is 591. The summed E-state index contributed by atoms with van der Waals surface area (Å²) in [7, 11) is 4.92. The average Bonchev–Trinajstić information content (AvgIpc) is 3.05. The molecule has 1 amide bonds. The Labute approximate surface area is 142 Å². The van der Waals surface area contributed by atoms with Crippen LogP contribution in [-0.4, -0.2) is 63.5 Å². The number of morpholine rings is 1. The zero-order chi connectivity index (χ0) is 17.1. The van der Waals surface area contributed by atoms with E-state index in [0.29, 0.717) is 31.1 Å². The number of methoxy groups -OCH3 is 3. The van der Waals surface area contributed by atoms with Gasteiger partial charge >= 0.3 is 0 Å². The minimum Gasteiger partial charge on any atom is -0.497 e. The maximum Gasteiger partial charge on any atom is 0.227 e. The molecule has 3 atom stereocenters. The van der Waals surface area contributed by atoms with Crippen molar-refractivity contribution >= 4 is 5.91 Å². The highest BCUT2D eigenvalue weighted by Gasteiger charge is 2.44. The van der Waals surface area contributed by atoms with Crippen LogP contribution >= 0.6 is 0 Å². The molecule has 1 aliphatic heterocycles. The molecular formula is C18H25NO5. The molecule has 0 aromatic heterocycles. The summed E-state index contributed by atoms with van der Waals surface area (Å²) >= 11 is 0. The van der Waals surface area contributed by atoms with Crippen molar-refractivity contribution in [3.63, 3.8) is 0 Å². The summed E-state index contributed by atoms with van der Waals surface area (Å²) in [5.41, 5.74) is 0.868. The molecule has 0 bridgehead atoms. The summed E-state index contributed by atoms with van der Waals surface area (Å²) in [5.74, 6) is 1.50. The molecule has 1 aromatic carbocycles. The first-order chi connectivity index (χ1) is 11.7.